The number of para-hydroxylation sites is 1. The summed E-state index contributed by atoms with van der Waals surface area (Å²) in [6.07, 6.45) is 4.53. The van der Waals surface area contributed by atoms with Gasteiger partial charge in [0.05, 0.1) is 0 Å². The van der Waals surface area contributed by atoms with E-state index in [4.69, 9.17) is 0 Å². The van der Waals surface area contributed by atoms with Crippen molar-refractivity contribution in [2.45, 2.75) is 26.3 Å². The van der Waals surface area contributed by atoms with Crippen molar-refractivity contribution in [2.24, 2.45) is 0 Å². The summed E-state index contributed by atoms with van der Waals surface area (Å²) < 4.78 is 1.97. The molecule has 3 nitrogen and oxygen atoms in total. The molecule has 0 saturated carbocycles. The number of anilines is 1. The molecule has 0 bridgehead atoms. The van der Waals surface area contributed by atoms with Crippen LogP contribution in [0.25, 0.3) is 0 Å². The smallest absolute Gasteiger partial charge is 0.293 e. The van der Waals surface area contributed by atoms with Gasteiger partial charge >= 0.3 is 0 Å². The van der Waals surface area contributed by atoms with Gasteiger partial charge in [0.25, 0.3) is 5.91 Å². The molecule has 0 aliphatic carbocycles. The van der Waals surface area contributed by atoms with Gasteiger partial charge in [-0.3, -0.25) is 4.79 Å². The third-order valence-corrected chi connectivity index (χ3v) is 4.40. The van der Waals surface area contributed by atoms with Crippen LogP contribution in [0.1, 0.15) is 22.7 Å². The van der Waals surface area contributed by atoms with E-state index < -0.39 is 0 Å². The van der Waals surface area contributed by atoms with E-state index in [1.165, 1.54) is 0 Å². The van der Waals surface area contributed by atoms with Gasteiger partial charge in [-0.2, -0.15) is 4.57 Å². The molecule has 126 valence electrons. The van der Waals surface area contributed by atoms with E-state index in [0.717, 1.165) is 22.4 Å². The molecule has 3 heteroatoms. The first-order valence-corrected chi connectivity index (χ1v) is 8.52. The lowest BCUT2D eigenvalue weighted by atomic mass is 10.0. The van der Waals surface area contributed by atoms with Gasteiger partial charge in [0, 0.05) is 24.2 Å². The van der Waals surface area contributed by atoms with Crippen LogP contribution >= 0.6 is 0 Å². The summed E-state index contributed by atoms with van der Waals surface area (Å²) in [6, 6.07) is 21.7. The molecule has 0 saturated heterocycles. The number of hydrogen-bond donors (Lipinski definition) is 1. The van der Waals surface area contributed by atoms with Gasteiger partial charge in [0.1, 0.15) is 0 Å². The van der Waals surface area contributed by atoms with Crippen molar-refractivity contribution in [3.63, 3.8) is 0 Å². The number of nitrogens with zero attached hydrogens (tertiary/aromatic N) is 1. The molecule has 3 aromatic rings. The van der Waals surface area contributed by atoms with E-state index >= 15 is 0 Å². The van der Waals surface area contributed by atoms with Crippen LogP contribution in [0.3, 0.4) is 0 Å². The Hall–Kier alpha value is -2.94. The molecule has 1 heterocycles. The molecule has 0 radical (unpaired) electrons. The topological polar surface area (TPSA) is 33.0 Å². The largest absolute Gasteiger partial charge is 0.320 e. The molecule has 1 aromatic heterocycles. The maximum Gasteiger partial charge on any atom is 0.293 e. The summed E-state index contributed by atoms with van der Waals surface area (Å²) in [5.41, 5.74) is 4.19. The predicted octanol–water partition coefficient (Wildman–Crippen LogP) is 4.01. The maximum absolute atomic E-state index is 13.1. The number of pyridine rings is 1. The zero-order valence-electron chi connectivity index (χ0n) is 14.6. The second-order valence-electron chi connectivity index (χ2n) is 6.28. The van der Waals surface area contributed by atoms with Gasteiger partial charge in [-0.25, -0.2) is 0 Å². The molecule has 1 N–H and O–H groups in total. The molecule has 0 fully saturated rings. The van der Waals surface area contributed by atoms with Crippen LogP contribution in [0.15, 0.2) is 79.1 Å². The van der Waals surface area contributed by atoms with E-state index in [-0.39, 0.29) is 11.9 Å². The molecular weight excluding hydrogens is 308 g/mol. The maximum atomic E-state index is 13.1. The summed E-state index contributed by atoms with van der Waals surface area (Å²) in [5, 5.41) is 3.14. The summed E-state index contributed by atoms with van der Waals surface area (Å²) in [7, 11) is 0. The van der Waals surface area contributed by atoms with Crippen LogP contribution in [0.5, 0.6) is 0 Å². The summed E-state index contributed by atoms with van der Waals surface area (Å²) in [6.45, 7) is 4.04. The Morgan fingerprint density at radius 2 is 1.48 bits per heavy atom. The Balaban J connectivity index is 1.90. The molecule has 3 rings (SSSR count). The number of aryl methyl sites for hydroxylation is 2. The van der Waals surface area contributed by atoms with E-state index in [0.29, 0.717) is 6.42 Å². The summed E-state index contributed by atoms with van der Waals surface area (Å²) in [4.78, 5) is 13.1. The van der Waals surface area contributed by atoms with Crippen LogP contribution in [-0.2, 0) is 11.2 Å². The molecule has 1 atom stereocenters. The van der Waals surface area contributed by atoms with Crippen LogP contribution in [0.2, 0.25) is 0 Å². The molecule has 0 spiro atoms. The molecule has 0 aliphatic rings. The zero-order valence-corrected chi connectivity index (χ0v) is 14.6. The molecular formula is C22H23N2O+. The Bertz CT molecular complexity index is 824. The van der Waals surface area contributed by atoms with Crippen molar-refractivity contribution in [3.8, 4) is 0 Å². The fraction of sp³-hybridized carbons (Fsp3) is 0.182. The van der Waals surface area contributed by atoms with Crippen LogP contribution in [-0.4, -0.2) is 5.91 Å². The number of carbonyl (C=O) groups is 1. The highest BCUT2D eigenvalue weighted by Crippen LogP contribution is 2.21. The lowest BCUT2D eigenvalue weighted by molar-refractivity contribution is -0.708. The standard InChI is InChI=1S/C22H22N2O/c1-17-10-9-11-18(2)21(17)23-22(25)20(24-14-7-4-8-15-24)16-19-12-5-3-6-13-19/h3-15,20H,16H2,1-2H3/p+1/t20-/m0/s1. The molecule has 1 amide bonds. The zero-order chi connectivity index (χ0) is 17.6. The van der Waals surface area contributed by atoms with Gasteiger partial charge < -0.3 is 5.32 Å². The van der Waals surface area contributed by atoms with E-state index in [2.05, 4.69) is 17.4 Å². The number of carbonyl (C=O) groups excluding carboxylic acids is 1. The lowest BCUT2D eigenvalue weighted by Crippen LogP contribution is -2.47. The lowest BCUT2D eigenvalue weighted by Gasteiger charge is -2.16. The number of rotatable bonds is 5. The van der Waals surface area contributed by atoms with Gasteiger partial charge in [0.15, 0.2) is 12.4 Å². The quantitative estimate of drug-likeness (QED) is 0.704. The number of amides is 1. The summed E-state index contributed by atoms with van der Waals surface area (Å²) in [5.74, 6) is -0.00236. The van der Waals surface area contributed by atoms with Crippen LogP contribution in [0, 0.1) is 13.8 Å². The first-order chi connectivity index (χ1) is 12.1. The van der Waals surface area contributed by atoms with Crippen molar-refractivity contribution in [2.75, 3.05) is 5.32 Å². The van der Waals surface area contributed by atoms with E-state index in [1.807, 2.05) is 85.4 Å². The van der Waals surface area contributed by atoms with Crippen molar-refractivity contribution in [1.82, 2.24) is 0 Å². The monoisotopic (exact) mass is 331 g/mol. The first kappa shape index (κ1) is 16.9. The normalized spacial score (nSPS) is 11.8. The van der Waals surface area contributed by atoms with E-state index in [9.17, 15) is 4.79 Å². The van der Waals surface area contributed by atoms with Gasteiger partial charge in [-0.15, -0.1) is 0 Å². The van der Waals surface area contributed by atoms with Gasteiger partial charge in [-0.05, 0) is 30.5 Å². The van der Waals surface area contributed by atoms with E-state index in [1.54, 1.807) is 0 Å². The minimum Gasteiger partial charge on any atom is -0.320 e. The average Bonchev–Trinajstić information content (AvgIpc) is 2.64. The van der Waals surface area contributed by atoms with Crippen molar-refractivity contribution < 1.29 is 9.36 Å². The van der Waals surface area contributed by atoms with Crippen molar-refractivity contribution >= 4 is 11.6 Å². The second-order valence-corrected chi connectivity index (χ2v) is 6.28. The Kier molecular flexibility index (Phi) is 5.24. The third kappa shape index (κ3) is 4.13. The Labute approximate surface area is 149 Å². The minimum absolute atomic E-state index is 0.00236. The average molecular weight is 331 g/mol. The summed E-state index contributed by atoms with van der Waals surface area (Å²) >= 11 is 0. The SMILES string of the molecule is Cc1cccc(C)c1NC(=O)[C@H](Cc1ccccc1)[n+]1ccccc1. The highest BCUT2D eigenvalue weighted by Gasteiger charge is 2.28. The Morgan fingerprint density at radius 3 is 2.12 bits per heavy atom. The van der Waals surface area contributed by atoms with Crippen molar-refractivity contribution in [3.05, 3.63) is 95.8 Å². The number of aromatic nitrogens is 1. The third-order valence-electron chi connectivity index (χ3n) is 4.40. The minimum atomic E-state index is -0.303. The highest BCUT2D eigenvalue weighted by molar-refractivity contribution is 5.94. The molecule has 0 unspecified atom stereocenters. The van der Waals surface area contributed by atoms with Crippen LogP contribution in [0.4, 0.5) is 5.69 Å². The van der Waals surface area contributed by atoms with Crippen LogP contribution < -0.4 is 9.88 Å². The van der Waals surface area contributed by atoms with Crippen molar-refractivity contribution in [1.29, 1.82) is 0 Å². The Morgan fingerprint density at radius 1 is 0.880 bits per heavy atom. The second kappa shape index (κ2) is 7.75. The number of benzene rings is 2. The predicted molar refractivity (Wildman–Crippen MR) is 100 cm³/mol. The first-order valence-electron chi connectivity index (χ1n) is 8.52. The van der Waals surface area contributed by atoms with Gasteiger partial charge in [-0.1, -0.05) is 54.6 Å². The molecule has 25 heavy (non-hydrogen) atoms. The fourth-order valence-corrected chi connectivity index (χ4v) is 3.01. The highest BCUT2D eigenvalue weighted by atomic mass is 16.2. The number of nitrogens with one attached hydrogen (secondary N) is 1. The van der Waals surface area contributed by atoms with Gasteiger partial charge in [0.2, 0.25) is 6.04 Å². The molecule has 2 aromatic carbocycles. The molecule has 0 aliphatic heterocycles. The number of hydrogen-bond acceptors (Lipinski definition) is 1. The fourth-order valence-electron chi connectivity index (χ4n) is 3.01.